The smallest absolute Gasteiger partial charge is 0.242 e. The lowest BCUT2D eigenvalue weighted by Crippen LogP contribution is -2.48. The van der Waals surface area contributed by atoms with E-state index in [0.717, 1.165) is 6.07 Å². The van der Waals surface area contributed by atoms with Crippen LogP contribution < -0.4 is 10.5 Å². The molecule has 0 unspecified atom stereocenters. The molecule has 0 spiro atoms. The Bertz CT molecular complexity index is 517. The van der Waals surface area contributed by atoms with Gasteiger partial charge >= 0.3 is 0 Å². The third-order valence-corrected chi connectivity index (χ3v) is 4.80. The summed E-state index contributed by atoms with van der Waals surface area (Å²) in [5, 5.41) is 0. The summed E-state index contributed by atoms with van der Waals surface area (Å²) in [6.45, 7) is 3.44. The molecule has 3 N–H and O–H groups in total. The highest BCUT2D eigenvalue weighted by molar-refractivity contribution is 9.10. The number of nitrogens with two attached hydrogens (primary N) is 1. The van der Waals surface area contributed by atoms with Crippen LogP contribution in [0.5, 0.6) is 0 Å². The lowest BCUT2D eigenvalue weighted by molar-refractivity contribution is 0.462. The van der Waals surface area contributed by atoms with Gasteiger partial charge in [-0.2, -0.15) is 0 Å². The maximum atomic E-state index is 13.1. The molecule has 0 aliphatic rings. The summed E-state index contributed by atoms with van der Waals surface area (Å²) >= 11 is 3.08. The normalized spacial score (nSPS) is 12.8. The van der Waals surface area contributed by atoms with Gasteiger partial charge in [-0.05, 0) is 48.0 Å². The van der Waals surface area contributed by atoms with Gasteiger partial charge in [-0.15, -0.1) is 0 Å². The Kier molecular flexibility index (Phi) is 4.29. The van der Waals surface area contributed by atoms with E-state index in [1.807, 2.05) is 0 Å². The van der Waals surface area contributed by atoms with E-state index in [2.05, 4.69) is 20.7 Å². The summed E-state index contributed by atoms with van der Waals surface area (Å²) in [5.41, 5.74) is 4.66. The van der Waals surface area contributed by atoms with E-state index in [-0.39, 0.29) is 11.4 Å². The van der Waals surface area contributed by atoms with E-state index in [4.69, 9.17) is 5.73 Å². The highest BCUT2D eigenvalue weighted by Gasteiger charge is 2.26. The van der Waals surface area contributed by atoms with Gasteiger partial charge in [0.05, 0.1) is 4.90 Å². The average molecular weight is 325 g/mol. The third-order valence-electron chi connectivity index (χ3n) is 2.10. The zero-order chi connectivity index (χ0) is 13.3. The van der Waals surface area contributed by atoms with Crippen LogP contribution in [0.3, 0.4) is 0 Å². The molecule has 0 aromatic heterocycles. The van der Waals surface area contributed by atoms with E-state index in [1.165, 1.54) is 12.1 Å². The van der Waals surface area contributed by atoms with Crippen LogP contribution in [0.4, 0.5) is 4.39 Å². The minimum absolute atomic E-state index is 0.138. The zero-order valence-corrected chi connectivity index (χ0v) is 11.9. The number of hydrogen-bond donors (Lipinski definition) is 2. The Morgan fingerprint density at radius 2 is 2.06 bits per heavy atom. The Labute approximate surface area is 109 Å². The van der Waals surface area contributed by atoms with Gasteiger partial charge in [-0.25, -0.2) is 17.5 Å². The third kappa shape index (κ3) is 3.74. The first-order valence-corrected chi connectivity index (χ1v) is 7.15. The molecule has 1 rings (SSSR count). The summed E-state index contributed by atoms with van der Waals surface area (Å²) in [6, 6.07) is 3.48. The number of hydrogen-bond acceptors (Lipinski definition) is 3. The van der Waals surface area contributed by atoms with Gasteiger partial charge in [-0.3, -0.25) is 0 Å². The van der Waals surface area contributed by atoms with Crippen LogP contribution in [0, 0.1) is 5.82 Å². The number of benzene rings is 1. The fourth-order valence-corrected chi connectivity index (χ4v) is 3.54. The molecule has 0 atom stereocenters. The van der Waals surface area contributed by atoms with Crippen molar-refractivity contribution in [3.63, 3.8) is 0 Å². The van der Waals surface area contributed by atoms with E-state index >= 15 is 0 Å². The van der Waals surface area contributed by atoms with Crippen molar-refractivity contribution in [2.45, 2.75) is 24.3 Å². The predicted octanol–water partition coefficient (Wildman–Crippen LogP) is 1.60. The van der Waals surface area contributed by atoms with Crippen LogP contribution in [0.25, 0.3) is 0 Å². The second kappa shape index (κ2) is 5.01. The van der Waals surface area contributed by atoms with Crippen molar-refractivity contribution in [3.8, 4) is 0 Å². The molecule has 7 heteroatoms. The van der Waals surface area contributed by atoms with E-state index in [1.54, 1.807) is 13.8 Å². The van der Waals surface area contributed by atoms with Gasteiger partial charge in [0.25, 0.3) is 0 Å². The van der Waals surface area contributed by atoms with Crippen LogP contribution in [0.1, 0.15) is 13.8 Å². The van der Waals surface area contributed by atoms with Gasteiger partial charge in [-0.1, -0.05) is 0 Å². The number of rotatable bonds is 4. The molecule has 0 amide bonds. The topological polar surface area (TPSA) is 72.2 Å². The first-order valence-electron chi connectivity index (χ1n) is 4.87. The molecule has 17 heavy (non-hydrogen) atoms. The molecule has 4 nitrogen and oxygen atoms in total. The molecule has 96 valence electrons. The molecule has 0 bridgehead atoms. The number of nitrogens with one attached hydrogen (secondary N) is 1. The Morgan fingerprint density at radius 3 is 2.59 bits per heavy atom. The van der Waals surface area contributed by atoms with E-state index in [0.29, 0.717) is 4.47 Å². The summed E-state index contributed by atoms with van der Waals surface area (Å²) < 4.78 is 39.8. The van der Waals surface area contributed by atoms with Crippen LogP contribution in [-0.4, -0.2) is 20.5 Å². The van der Waals surface area contributed by atoms with Crippen LogP contribution in [0.15, 0.2) is 27.6 Å². The minimum atomic E-state index is -3.80. The van der Waals surface area contributed by atoms with Crippen molar-refractivity contribution >= 4 is 26.0 Å². The Morgan fingerprint density at radius 1 is 1.47 bits per heavy atom. The second-order valence-corrected chi connectivity index (χ2v) is 6.77. The highest BCUT2D eigenvalue weighted by atomic mass is 79.9. The first-order chi connectivity index (χ1) is 7.68. The molecule has 0 radical (unpaired) electrons. The van der Waals surface area contributed by atoms with Crippen molar-refractivity contribution < 1.29 is 12.8 Å². The summed E-state index contributed by atoms with van der Waals surface area (Å²) in [4.78, 5) is -0.140. The molecule has 0 aliphatic heterocycles. The molecule has 0 fully saturated rings. The van der Waals surface area contributed by atoms with Gasteiger partial charge in [0.1, 0.15) is 5.82 Å². The molecule has 0 saturated carbocycles. The summed E-state index contributed by atoms with van der Waals surface area (Å²) in [5.74, 6) is -0.612. The van der Waals surface area contributed by atoms with Crippen molar-refractivity contribution in [2.75, 3.05) is 6.54 Å². The van der Waals surface area contributed by atoms with Crippen molar-refractivity contribution in [2.24, 2.45) is 5.73 Å². The molecular formula is C10H14BrFN2O2S. The van der Waals surface area contributed by atoms with Gasteiger partial charge in [0.2, 0.25) is 10.0 Å². The maximum absolute atomic E-state index is 13.1. The molecule has 0 heterocycles. The highest BCUT2D eigenvalue weighted by Crippen LogP contribution is 2.23. The van der Waals surface area contributed by atoms with Crippen molar-refractivity contribution in [1.82, 2.24) is 4.72 Å². The number of sulfonamides is 1. The van der Waals surface area contributed by atoms with Crippen molar-refractivity contribution in [1.29, 1.82) is 0 Å². The zero-order valence-electron chi connectivity index (χ0n) is 9.50. The van der Waals surface area contributed by atoms with Gasteiger partial charge in [0.15, 0.2) is 0 Å². The molecular weight excluding hydrogens is 311 g/mol. The second-order valence-electron chi connectivity index (χ2n) is 4.27. The number of halogens is 2. The lowest BCUT2D eigenvalue weighted by atomic mass is 10.1. The van der Waals surface area contributed by atoms with E-state index < -0.39 is 21.4 Å². The summed E-state index contributed by atoms with van der Waals surface area (Å²) in [6.07, 6.45) is 0. The van der Waals surface area contributed by atoms with E-state index in [9.17, 15) is 12.8 Å². The van der Waals surface area contributed by atoms with Crippen molar-refractivity contribution in [3.05, 3.63) is 28.5 Å². The first kappa shape index (κ1) is 14.6. The van der Waals surface area contributed by atoms with Crippen LogP contribution in [0.2, 0.25) is 0 Å². The SMILES string of the molecule is CC(C)(CN)NS(=O)(=O)c1cc(F)ccc1Br. The molecule has 0 saturated heterocycles. The Balaban J connectivity index is 3.18. The fraction of sp³-hybridized carbons (Fsp3) is 0.400. The van der Waals surface area contributed by atoms with Gasteiger partial charge in [0, 0.05) is 16.6 Å². The van der Waals surface area contributed by atoms with Crippen LogP contribution >= 0.6 is 15.9 Å². The minimum Gasteiger partial charge on any atom is -0.329 e. The summed E-state index contributed by atoms with van der Waals surface area (Å²) in [7, 11) is -3.80. The van der Waals surface area contributed by atoms with Crippen LogP contribution in [-0.2, 0) is 10.0 Å². The molecule has 1 aromatic rings. The Hall–Kier alpha value is -0.500. The predicted molar refractivity (Wildman–Crippen MR) is 67.6 cm³/mol. The molecule has 0 aliphatic carbocycles. The quantitative estimate of drug-likeness (QED) is 0.883. The largest absolute Gasteiger partial charge is 0.329 e. The molecule has 1 aromatic carbocycles. The monoisotopic (exact) mass is 324 g/mol. The lowest BCUT2D eigenvalue weighted by Gasteiger charge is -2.24. The van der Waals surface area contributed by atoms with Gasteiger partial charge < -0.3 is 5.73 Å². The standard InChI is InChI=1S/C10H14BrFN2O2S/c1-10(2,6-13)14-17(15,16)9-5-7(12)3-4-8(9)11/h3-5,14H,6,13H2,1-2H3. The average Bonchev–Trinajstić information content (AvgIpc) is 2.20. The maximum Gasteiger partial charge on any atom is 0.242 e. The fourth-order valence-electron chi connectivity index (χ4n) is 1.14.